The van der Waals surface area contributed by atoms with Crippen molar-refractivity contribution in [3.63, 3.8) is 0 Å². The lowest BCUT2D eigenvalue weighted by Crippen LogP contribution is -2.49. The molecule has 2 fully saturated rings. The van der Waals surface area contributed by atoms with E-state index in [1.54, 1.807) is 0 Å². The second-order valence-electron chi connectivity index (χ2n) is 7.86. The highest BCUT2D eigenvalue weighted by molar-refractivity contribution is 7.80. The van der Waals surface area contributed by atoms with Crippen molar-refractivity contribution in [1.82, 2.24) is 4.90 Å². The SMILES string of the molecule is Cc1ccc(C(F)(F)F)cc1N1CCN(C(=O)[C@@H]2C[C@@H]2c2cccc(S)c2)CC1. The van der Waals surface area contributed by atoms with Crippen LogP contribution in [0.1, 0.15) is 29.0 Å². The van der Waals surface area contributed by atoms with E-state index < -0.39 is 11.7 Å². The smallest absolute Gasteiger partial charge is 0.368 e. The molecule has 1 saturated carbocycles. The molecule has 7 heteroatoms. The number of thiol groups is 1. The summed E-state index contributed by atoms with van der Waals surface area (Å²) in [7, 11) is 0. The highest BCUT2D eigenvalue weighted by atomic mass is 32.1. The van der Waals surface area contributed by atoms with E-state index in [-0.39, 0.29) is 17.7 Å². The predicted molar refractivity (Wildman–Crippen MR) is 110 cm³/mol. The number of anilines is 1. The van der Waals surface area contributed by atoms with Gasteiger partial charge in [0.2, 0.25) is 5.91 Å². The van der Waals surface area contributed by atoms with E-state index in [0.29, 0.717) is 31.9 Å². The van der Waals surface area contributed by atoms with Crippen molar-refractivity contribution >= 4 is 24.2 Å². The molecule has 1 aliphatic heterocycles. The standard InChI is InChI=1S/C22H23F3N2OS/c1-14-5-6-16(22(23,24)25)12-20(14)26-7-9-27(10-8-26)21(28)19-13-18(19)15-3-2-4-17(29)11-15/h2-6,11-12,18-19,29H,7-10,13H2,1H3/t18-,19-/m1/s1. The fourth-order valence-electron chi connectivity index (χ4n) is 4.12. The first-order valence-electron chi connectivity index (χ1n) is 9.74. The van der Waals surface area contributed by atoms with Gasteiger partial charge in [0.25, 0.3) is 0 Å². The molecule has 1 saturated heterocycles. The van der Waals surface area contributed by atoms with Crippen LogP contribution in [0.5, 0.6) is 0 Å². The Labute approximate surface area is 173 Å². The summed E-state index contributed by atoms with van der Waals surface area (Å²) in [6, 6.07) is 11.8. The number of halogens is 3. The minimum Gasteiger partial charge on any atom is -0.368 e. The van der Waals surface area contributed by atoms with Gasteiger partial charge in [0.1, 0.15) is 0 Å². The molecule has 1 amide bonds. The number of hydrogen-bond donors (Lipinski definition) is 1. The number of benzene rings is 2. The van der Waals surface area contributed by atoms with Gasteiger partial charge in [-0.15, -0.1) is 12.6 Å². The van der Waals surface area contributed by atoms with Crippen molar-refractivity contribution in [2.24, 2.45) is 5.92 Å². The van der Waals surface area contributed by atoms with Gasteiger partial charge in [0, 0.05) is 42.7 Å². The third-order valence-electron chi connectivity index (χ3n) is 5.87. The molecule has 1 heterocycles. The van der Waals surface area contributed by atoms with E-state index in [9.17, 15) is 18.0 Å². The summed E-state index contributed by atoms with van der Waals surface area (Å²) < 4.78 is 39.2. The average Bonchev–Trinajstić information content (AvgIpc) is 3.48. The summed E-state index contributed by atoms with van der Waals surface area (Å²) in [6.45, 7) is 3.96. The molecule has 2 atom stereocenters. The molecule has 0 radical (unpaired) electrons. The van der Waals surface area contributed by atoms with Gasteiger partial charge >= 0.3 is 6.18 Å². The lowest BCUT2D eigenvalue weighted by Gasteiger charge is -2.37. The van der Waals surface area contributed by atoms with Gasteiger partial charge in [0.05, 0.1) is 5.56 Å². The molecule has 0 N–H and O–H groups in total. The maximum atomic E-state index is 13.1. The maximum Gasteiger partial charge on any atom is 0.416 e. The van der Waals surface area contributed by atoms with Crippen LogP contribution >= 0.6 is 12.6 Å². The number of rotatable bonds is 3. The van der Waals surface area contributed by atoms with Crippen molar-refractivity contribution in [3.05, 3.63) is 59.2 Å². The van der Waals surface area contributed by atoms with E-state index in [1.807, 2.05) is 41.0 Å². The molecule has 1 aliphatic carbocycles. The van der Waals surface area contributed by atoms with E-state index in [0.717, 1.165) is 28.5 Å². The molecule has 0 spiro atoms. The molecule has 0 unspecified atom stereocenters. The third-order valence-corrected chi connectivity index (χ3v) is 6.15. The number of carbonyl (C=O) groups is 1. The highest BCUT2D eigenvalue weighted by Gasteiger charge is 2.46. The van der Waals surface area contributed by atoms with Crippen molar-refractivity contribution in [2.75, 3.05) is 31.1 Å². The van der Waals surface area contributed by atoms with Crippen LogP contribution in [0.15, 0.2) is 47.4 Å². The summed E-state index contributed by atoms with van der Waals surface area (Å²) >= 11 is 4.37. The van der Waals surface area contributed by atoms with Crippen molar-refractivity contribution in [3.8, 4) is 0 Å². The molecular weight excluding hydrogens is 397 g/mol. The van der Waals surface area contributed by atoms with Crippen LogP contribution in [0.3, 0.4) is 0 Å². The molecule has 29 heavy (non-hydrogen) atoms. The van der Waals surface area contributed by atoms with Gasteiger partial charge < -0.3 is 9.80 Å². The van der Waals surface area contributed by atoms with Gasteiger partial charge in [-0.3, -0.25) is 4.79 Å². The first-order valence-corrected chi connectivity index (χ1v) is 10.2. The Hall–Kier alpha value is -2.15. The van der Waals surface area contributed by atoms with E-state index >= 15 is 0 Å². The first kappa shape index (κ1) is 20.1. The van der Waals surface area contributed by atoms with Crippen molar-refractivity contribution < 1.29 is 18.0 Å². The maximum absolute atomic E-state index is 13.1. The molecular formula is C22H23F3N2OS. The third kappa shape index (κ3) is 4.25. The summed E-state index contributed by atoms with van der Waals surface area (Å²) in [6.07, 6.45) is -3.51. The number of aryl methyl sites for hydroxylation is 1. The monoisotopic (exact) mass is 420 g/mol. The second-order valence-corrected chi connectivity index (χ2v) is 8.37. The lowest BCUT2D eigenvalue weighted by atomic mass is 10.1. The Bertz CT molecular complexity index is 923. The van der Waals surface area contributed by atoms with Crippen LogP contribution in [0, 0.1) is 12.8 Å². The van der Waals surface area contributed by atoms with Crippen LogP contribution in [-0.2, 0) is 11.0 Å². The number of hydrogen-bond acceptors (Lipinski definition) is 3. The Morgan fingerprint density at radius 3 is 2.45 bits per heavy atom. The number of nitrogens with zero attached hydrogens (tertiary/aromatic N) is 2. The summed E-state index contributed by atoms with van der Waals surface area (Å²) in [5.74, 6) is 0.408. The molecule has 2 aromatic rings. The fraction of sp³-hybridized carbons (Fsp3) is 0.409. The molecule has 3 nitrogen and oxygen atoms in total. The largest absolute Gasteiger partial charge is 0.416 e. The fourth-order valence-corrected chi connectivity index (χ4v) is 4.36. The predicted octanol–water partition coefficient (Wildman–Crippen LogP) is 4.75. The second kappa shape index (κ2) is 7.59. The van der Waals surface area contributed by atoms with Crippen LogP contribution < -0.4 is 4.90 Å². The summed E-state index contributed by atoms with van der Waals surface area (Å²) in [5, 5.41) is 0. The van der Waals surface area contributed by atoms with Gasteiger partial charge in [-0.1, -0.05) is 18.2 Å². The summed E-state index contributed by atoms with van der Waals surface area (Å²) in [5.41, 5.74) is 1.92. The number of alkyl halides is 3. The Morgan fingerprint density at radius 1 is 1.07 bits per heavy atom. The Morgan fingerprint density at radius 2 is 1.79 bits per heavy atom. The Kier molecular flexibility index (Phi) is 5.27. The highest BCUT2D eigenvalue weighted by Crippen LogP contribution is 2.49. The number of carbonyl (C=O) groups excluding carboxylic acids is 1. The molecule has 0 aromatic heterocycles. The first-order chi connectivity index (χ1) is 13.7. The van der Waals surface area contributed by atoms with E-state index in [2.05, 4.69) is 12.6 Å². The van der Waals surface area contributed by atoms with Gasteiger partial charge in [-0.05, 0) is 54.7 Å². The zero-order chi connectivity index (χ0) is 20.8. The Balaban J connectivity index is 1.38. The van der Waals surface area contributed by atoms with Crippen LogP contribution in [0.4, 0.5) is 18.9 Å². The average molecular weight is 421 g/mol. The summed E-state index contributed by atoms with van der Waals surface area (Å²) in [4.78, 5) is 17.6. The number of piperazine rings is 1. The van der Waals surface area contributed by atoms with Gasteiger partial charge in [-0.2, -0.15) is 13.2 Å². The zero-order valence-corrected chi connectivity index (χ0v) is 17.0. The van der Waals surface area contributed by atoms with Crippen LogP contribution in [-0.4, -0.2) is 37.0 Å². The van der Waals surface area contributed by atoms with Gasteiger partial charge in [0.15, 0.2) is 0 Å². The quantitative estimate of drug-likeness (QED) is 0.724. The molecule has 2 aromatic carbocycles. The molecule has 2 aliphatic rings. The lowest BCUT2D eigenvalue weighted by molar-refractivity contribution is -0.137. The number of amides is 1. The minimum atomic E-state index is -4.36. The van der Waals surface area contributed by atoms with Gasteiger partial charge in [-0.25, -0.2) is 0 Å². The van der Waals surface area contributed by atoms with Crippen molar-refractivity contribution in [1.29, 1.82) is 0 Å². The normalized spacial score (nSPS) is 22.0. The minimum absolute atomic E-state index is 0.00646. The molecule has 4 rings (SSSR count). The van der Waals surface area contributed by atoms with E-state index in [4.69, 9.17) is 0 Å². The topological polar surface area (TPSA) is 23.6 Å². The molecule has 0 bridgehead atoms. The van der Waals surface area contributed by atoms with E-state index in [1.165, 1.54) is 12.1 Å². The zero-order valence-electron chi connectivity index (χ0n) is 16.1. The van der Waals surface area contributed by atoms with Crippen molar-refractivity contribution in [2.45, 2.75) is 30.3 Å². The molecule has 154 valence electrons. The van der Waals surface area contributed by atoms with Crippen LogP contribution in [0.2, 0.25) is 0 Å². The van der Waals surface area contributed by atoms with Crippen LogP contribution in [0.25, 0.3) is 0 Å².